The molecule has 5 nitrogen and oxygen atoms in total. The van der Waals surface area contributed by atoms with Gasteiger partial charge in [0.15, 0.2) is 5.60 Å². The van der Waals surface area contributed by atoms with Crippen molar-refractivity contribution in [3.63, 3.8) is 0 Å². The number of amides is 1. The molecule has 0 aromatic heterocycles. The number of ether oxygens (including phenoxy) is 1. The highest BCUT2D eigenvalue weighted by Crippen LogP contribution is 2.24. The number of rotatable bonds is 2. The van der Waals surface area contributed by atoms with Gasteiger partial charge in [-0.15, -0.1) is 0 Å². The maximum Gasteiger partial charge on any atom is 0.339 e. The molecule has 0 bridgehead atoms. The van der Waals surface area contributed by atoms with Crippen LogP contribution in [0.15, 0.2) is 0 Å². The lowest BCUT2D eigenvalue weighted by atomic mass is 9.94. The summed E-state index contributed by atoms with van der Waals surface area (Å²) in [5.41, 5.74) is -1.16. The molecule has 0 aliphatic carbocycles. The van der Waals surface area contributed by atoms with Crippen molar-refractivity contribution in [3.8, 4) is 0 Å². The Morgan fingerprint density at radius 2 is 2.00 bits per heavy atom. The molecule has 1 rings (SSSR count). The lowest BCUT2D eigenvalue weighted by Crippen LogP contribution is -2.68. The largest absolute Gasteiger partial charge is 0.479 e. The van der Waals surface area contributed by atoms with E-state index in [1.165, 1.54) is 18.9 Å². The molecular formula is C7H11NO4. The highest BCUT2D eigenvalue weighted by atomic mass is 16.5. The van der Waals surface area contributed by atoms with E-state index in [4.69, 9.17) is 9.84 Å². The second-order valence-electron chi connectivity index (χ2n) is 2.88. The van der Waals surface area contributed by atoms with Crippen molar-refractivity contribution in [2.24, 2.45) is 0 Å². The van der Waals surface area contributed by atoms with E-state index in [9.17, 15) is 9.59 Å². The molecule has 0 aromatic carbocycles. The minimum absolute atomic E-state index is 0.121. The number of hydrogen-bond donors (Lipinski definition) is 1. The first-order valence-electron chi connectivity index (χ1n) is 3.56. The van der Waals surface area contributed by atoms with Gasteiger partial charge in [0.1, 0.15) is 0 Å². The molecule has 1 aliphatic heterocycles. The maximum atomic E-state index is 10.7. The summed E-state index contributed by atoms with van der Waals surface area (Å²) in [4.78, 5) is 22.8. The minimum Gasteiger partial charge on any atom is -0.479 e. The Morgan fingerprint density at radius 1 is 1.50 bits per heavy atom. The molecule has 1 fully saturated rings. The summed E-state index contributed by atoms with van der Waals surface area (Å²) in [6.07, 6.45) is 0. The number of hydrogen-bond acceptors (Lipinski definition) is 3. The van der Waals surface area contributed by atoms with Crippen molar-refractivity contribution < 1.29 is 19.4 Å². The van der Waals surface area contributed by atoms with E-state index in [-0.39, 0.29) is 19.0 Å². The number of carboxylic acid groups (broad SMARTS) is 1. The Hall–Kier alpha value is -1.10. The molecule has 1 amide bonds. The predicted molar refractivity (Wildman–Crippen MR) is 39.6 cm³/mol. The molecule has 0 atom stereocenters. The fraction of sp³-hybridized carbons (Fsp3) is 0.714. The molecular weight excluding hydrogens is 162 g/mol. The predicted octanol–water partition coefficient (Wildman–Crippen LogP) is -0.682. The van der Waals surface area contributed by atoms with E-state index in [1.807, 2.05) is 0 Å². The van der Waals surface area contributed by atoms with E-state index >= 15 is 0 Å². The zero-order valence-corrected chi connectivity index (χ0v) is 7.03. The number of carbonyl (C=O) groups is 2. The van der Waals surface area contributed by atoms with Crippen molar-refractivity contribution in [2.45, 2.75) is 12.5 Å². The van der Waals surface area contributed by atoms with Gasteiger partial charge in [0.2, 0.25) is 5.91 Å². The highest BCUT2D eigenvalue weighted by Gasteiger charge is 2.51. The molecule has 68 valence electrons. The number of aliphatic carboxylic acids is 1. The Bertz CT molecular complexity index is 219. The lowest BCUT2D eigenvalue weighted by molar-refractivity contribution is -0.187. The molecule has 0 saturated carbocycles. The topological polar surface area (TPSA) is 66.8 Å². The Labute approximate surface area is 69.9 Å². The van der Waals surface area contributed by atoms with E-state index in [0.29, 0.717) is 0 Å². The smallest absolute Gasteiger partial charge is 0.339 e. The molecule has 1 saturated heterocycles. The van der Waals surface area contributed by atoms with Gasteiger partial charge in [0.05, 0.1) is 13.1 Å². The first kappa shape index (κ1) is 8.99. The first-order valence-corrected chi connectivity index (χ1v) is 3.56. The summed E-state index contributed by atoms with van der Waals surface area (Å²) in [6.45, 7) is 1.70. The van der Waals surface area contributed by atoms with Crippen LogP contribution in [0, 0.1) is 0 Å². The molecule has 0 aromatic rings. The van der Waals surface area contributed by atoms with Gasteiger partial charge in [-0.3, -0.25) is 4.79 Å². The van der Waals surface area contributed by atoms with Gasteiger partial charge in [-0.25, -0.2) is 4.79 Å². The van der Waals surface area contributed by atoms with Gasteiger partial charge in [-0.05, 0) is 0 Å². The third kappa shape index (κ3) is 1.16. The van der Waals surface area contributed by atoms with Crippen LogP contribution in [0.4, 0.5) is 0 Å². The fourth-order valence-corrected chi connectivity index (χ4v) is 1.14. The Morgan fingerprint density at radius 3 is 2.25 bits per heavy atom. The summed E-state index contributed by atoms with van der Waals surface area (Å²) in [5.74, 6) is -1.13. The second kappa shape index (κ2) is 2.75. The normalized spacial score (nSPS) is 20.0. The Balaban J connectivity index is 2.58. The van der Waals surface area contributed by atoms with Crippen LogP contribution in [0.1, 0.15) is 6.92 Å². The monoisotopic (exact) mass is 173 g/mol. The molecule has 0 radical (unpaired) electrons. The van der Waals surface area contributed by atoms with Gasteiger partial charge in [-0.1, -0.05) is 0 Å². The van der Waals surface area contributed by atoms with Gasteiger partial charge in [0, 0.05) is 14.0 Å². The van der Waals surface area contributed by atoms with Gasteiger partial charge in [0.25, 0.3) is 0 Å². The van der Waals surface area contributed by atoms with Gasteiger partial charge in [-0.2, -0.15) is 0 Å². The number of likely N-dealkylation sites (tertiary alicyclic amines) is 1. The third-order valence-corrected chi connectivity index (χ3v) is 2.12. The van der Waals surface area contributed by atoms with Crippen LogP contribution in [-0.4, -0.2) is 47.7 Å². The van der Waals surface area contributed by atoms with Crippen LogP contribution in [0.3, 0.4) is 0 Å². The van der Waals surface area contributed by atoms with Gasteiger partial charge < -0.3 is 14.7 Å². The first-order chi connectivity index (χ1) is 5.52. The maximum absolute atomic E-state index is 10.7. The second-order valence-corrected chi connectivity index (χ2v) is 2.88. The zero-order chi connectivity index (χ0) is 9.35. The molecule has 0 spiro atoms. The Kier molecular flexibility index (Phi) is 2.06. The minimum atomic E-state index is -1.16. The van der Waals surface area contributed by atoms with Crippen LogP contribution < -0.4 is 0 Å². The molecule has 1 aliphatic rings. The van der Waals surface area contributed by atoms with Crippen molar-refractivity contribution in [2.75, 3.05) is 20.2 Å². The van der Waals surface area contributed by atoms with Crippen molar-refractivity contribution in [1.29, 1.82) is 0 Å². The standard InChI is InChI=1S/C7H11NO4/c1-5(9)8-3-7(4-8,12-2)6(10)11/h3-4H2,1-2H3,(H,10,11). The SMILES string of the molecule is COC1(C(=O)O)CN(C(C)=O)C1. The van der Waals surface area contributed by atoms with Crippen LogP contribution >= 0.6 is 0 Å². The zero-order valence-electron chi connectivity index (χ0n) is 7.03. The summed E-state index contributed by atoms with van der Waals surface area (Å²) in [6, 6.07) is 0. The molecule has 0 unspecified atom stereocenters. The van der Waals surface area contributed by atoms with E-state index in [1.54, 1.807) is 0 Å². The van der Waals surface area contributed by atoms with Crippen LogP contribution in [0.2, 0.25) is 0 Å². The number of carbonyl (C=O) groups excluding carboxylic acids is 1. The van der Waals surface area contributed by atoms with Gasteiger partial charge >= 0.3 is 5.97 Å². The summed E-state index contributed by atoms with van der Waals surface area (Å²) in [7, 11) is 1.34. The molecule has 5 heteroatoms. The number of nitrogens with zero attached hydrogens (tertiary/aromatic N) is 1. The molecule has 12 heavy (non-hydrogen) atoms. The van der Waals surface area contributed by atoms with Crippen molar-refractivity contribution in [1.82, 2.24) is 4.90 Å². The average Bonchev–Trinajstić information content (AvgIpc) is 1.84. The number of methoxy groups -OCH3 is 1. The highest BCUT2D eigenvalue weighted by molar-refractivity contribution is 5.84. The fourth-order valence-electron chi connectivity index (χ4n) is 1.14. The summed E-state index contributed by atoms with van der Waals surface area (Å²) >= 11 is 0. The average molecular weight is 173 g/mol. The molecule has 1 heterocycles. The lowest BCUT2D eigenvalue weighted by Gasteiger charge is -2.45. The van der Waals surface area contributed by atoms with Crippen molar-refractivity contribution >= 4 is 11.9 Å². The van der Waals surface area contributed by atoms with Crippen LogP contribution in [0.25, 0.3) is 0 Å². The molecule has 1 N–H and O–H groups in total. The summed E-state index contributed by atoms with van der Waals surface area (Å²) < 4.78 is 4.82. The van der Waals surface area contributed by atoms with Crippen LogP contribution in [0.5, 0.6) is 0 Å². The van der Waals surface area contributed by atoms with Crippen molar-refractivity contribution in [3.05, 3.63) is 0 Å². The summed E-state index contributed by atoms with van der Waals surface area (Å²) in [5, 5.41) is 8.72. The third-order valence-electron chi connectivity index (χ3n) is 2.12. The van der Waals surface area contributed by atoms with E-state index < -0.39 is 11.6 Å². The van der Waals surface area contributed by atoms with E-state index in [0.717, 1.165) is 0 Å². The quantitative estimate of drug-likeness (QED) is 0.600. The van der Waals surface area contributed by atoms with Crippen LogP contribution in [-0.2, 0) is 14.3 Å². The number of carboxylic acids is 1. The van der Waals surface area contributed by atoms with E-state index in [2.05, 4.69) is 0 Å².